The molecule has 0 amide bonds. The predicted octanol–water partition coefficient (Wildman–Crippen LogP) is 3.98. The summed E-state index contributed by atoms with van der Waals surface area (Å²) in [6, 6.07) is 5.80. The molecular formula is C21H23NO5. The summed E-state index contributed by atoms with van der Waals surface area (Å²) >= 11 is 0. The van der Waals surface area contributed by atoms with E-state index >= 15 is 0 Å². The number of rotatable bonds is 4. The number of allylic oxidation sites excluding steroid dienone is 3. The molecule has 1 aromatic rings. The van der Waals surface area contributed by atoms with Gasteiger partial charge in [-0.3, -0.25) is 4.79 Å². The molecule has 0 aliphatic carbocycles. The summed E-state index contributed by atoms with van der Waals surface area (Å²) in [6.07, 6.45) is 0. The third-order valence-electron chi connectivity index (χ3n) is 4.32. The number of esters is 2. The van der Waals surface area contributed by atoms with Crippen LogP contribution < -0.4 is 4.74 Å². The van der Waals surface area contributed by atoms with E-state index in [-0.39, 0.29) is 6.61 Å². The van der Waals surface area contributed by atoms with E-state index in [1.54, 1.807) is 20.8 Å². The minimum atomic E-state index is -0.605. The van der Waals surface area contributed by atoms with Crippen molar-refractivity contribution in [3.05, 3.63) is 51.5 Å². The van der Waals surface area contributed by atoms with E-state index in [2.05, 4.69) is 6.07 Å². The normalized spacial score (nSPS) is 16.6. The summed E-state index contributed by atoms with van der Waals surface area (Å²) in [7, 11) is 0. The number of hydrogen-bond acceptors (Lipinski definition) is 6. The zero-order chi connectivity index (χ0) is 20.3. The second-order valence-corrected chi connectivity index (χ2v) is 6.38. The minimum Gasteiger partial charge on any atom is -0.465 e. The molecule has 2 rings (SSSR count). The van der Waals surface area contributed by atoms with Crippen molar-refractivity contribution in [2.75, 3.05) is 6.61 Å². The molecule has 27 heavy (non-hydrogen) atoms. The van der Waals surface area contributed by atoms with Crippen LogP contribution in [0.25, 0.3) is 0 Å². The number of carbonyl (C=O) groups is 2. The maximum atomic E-state index is 12.6. The maximum absolute atomic E-state index is 12.6. The molecular weight excluding hydrogens is 346 g/mol. The molecule has 0 N–H and O–H groups in total. The van der Waals surface area contributed by atoms with Crippen LogP contribution in [0.5, 0.6) is 5.75 Å². The molecule has 0 fully saturated rings. The second kappa shape index (κ2) is 8.09. The first-order valence-corrected chi connectivity index (χ1v) is 8.67. The molecule has 0 radical (unpaired) electrons. The van der Waals surface area contributed by atoms with Gasteiger partial charge in [0.15, 0.2) is 0 Å². The zero-order valence-corrected chi connectivity index (χ0v) is 16.4. The molecule has 0 aromatic heterocycles. The van der Waals surface area contributed by atoms with Crippen LogP contribution in [0.15, 0.2) is 34.8 Å². The van der Waals surface area contributed by atoms with Gasteiger partial charge in [0, 0.05) is 6.92 Å². The first kappa shape index (κ1) is 20.2. The van der Waals surface area contributed by atoms with Crippen LogP contribution in [-0.4, -0.2) is 18.5 Å². The fourth-order valence-corrected chi connectivity index (χ4v) is 3.29. The largest absolute Gasteiger partial charge is 0.465 e. The van der Waals surface area contributed by atoms with E-state index in [4.69, 9.17) is 14.2 Å². The first-order chi connectivity index (χ1) is 12.7. The van der Waals surface area contributed by atoms with Gasteiger partial charge in [0.1, 0.15) is 17.3 Å². The van der Waals surface area contributed by atoms with Gasteiger partial charge in [-0.25, -0.2) is 4.79 Å². The summed E-state index contributed by atoms with van der Waals surface area (Å²) in [5.41, 5.74) is 2.87. The molecule has 6 heteroatoms. The summed E-state index contributed by atoms with van der Waals surface area (Å²) in [6.45, 7) is 10.3. The highest BCUT2D eigenvalue weighted by atomic mass is 16.5. The van der Waals surface area contributed by atoms with Crippen molar-refractivity contribution in [2.24, 2.45) is 0 Å². The number of nitrogens with zero attached hydrogens (tertiary/aromatic N) is 1. The standard InChI is InChI=1S/C21H23NO5/c1-7-25-21(24)18-14(5)26-13(4)17(10-22)19(18)16-8-11(2)20(12(3)9-16)27-15(6)23/h8-9,19H,7H2,1-6H3. The summed E-state index contributed by atoms with van der Waals surface area (Å²) in [4.78, 5) is 23.9. The quantitative estimate of drug-likeness (QED) is 0.589. The molecule has 6 nitrogen and oxygen atoms in total. The van der Waals surface area contributed by atoms with Gasteiger partial charge in [-0.2, -0.15) is 5.26 Å². The number of nitriles is 1. The SMILES string of the molecule is CCOC(=O)C1=C(C)OC(C)=C(C#N)C1c1cc(C)c(OC(C)=O)c(C)c1. The van der Waals surface area contributed by atoms with Crippen LogP contribution in [0.2, 0.25) is 0 Å². The molecule has 1 aromatic carbocycles. The van der Waals surface area contributed by atoms with Crippen molar-refractivity contribution in [1.82, 2.24) is 0 Å². The zero-order valence-electron chi connectivity index (χ0n) is 16.4. The lowest BCUT2D eigenvalue weighted by atomic mass is 9.81. The van der Waals surface area contributed by atoms with Crippen LogP contribution in [0.1, 0.15) is 50.3 Å². The summed E-state index contributed by atoms with van der Waals surface area (Å²) in [5.74, 6) is -0.180. The van der Waals surface area contributed by atoms with E-state index in [1.165, 1.54) is 6.92 Å². The van der Waals surface area contributed by atoms with E-state index in [9.17, 15) is 14.9 Å². The molecule has 1 unspecified atom stereocenters. The Balaban J connectivity index is 2.66. The molecule has 1 aliphatic rings. The Kier molecular flexibility index (Phi) is 6.06. The first-order valence-electron chi connectivity index (χ1n) is 8.67. The molecule has 142 valence electrons. The van der Waals surface area contributed by atoms with Crippen molar-refractivity contribution < 1.29 is 23.8 Å². The Hall–Kier alpha value is -3.07. The van der Waals surface area contributed by atoms with Gasteiger partial charge in [-0.15, -0.1) is 0 Å². The smallest absolute Gasteiger partial charge is 0.338 e. The van der Waals surface area contributed by atoms with Gasteiger partial charge < -0.3 is 14.2 Å². The molecule has 1 aliphatic heterocycles. The minimum absolute atomic E-state index is 0.219. The third-order valence-corrected chi connectivity index (χ3v) is 4.32. The van der Waals surface area contributed by atoms with E-state index in [1.807, 2.05) is 26.0 Å². The van der Waals surface area contributed by atoms with Gasteiger partial charge in [-0.1, -0.05) is 12.1 Å². The van der Waals surface area contributed by atoms with E-state index in [0.29, 0.717) is 28.4 Å². The van der Waals surface area contributed by atoms with Crippen molar-refractivity contribution >= 4 is 11.9 Å². The highest BCUT2D eigenvalue weighted by Crippen LogP contribution is 2.42. The second-order valence-electron chi connectivity index (χ2n) is 6.38. The van der Waals surface area contributed by atoms with Gasteiger partial charge in [-0.05, 0) is 51.3 Å². The Morgan fingerprint density at radius 1 is 1.15 bits per heavy atom. The topological polar surface area (TPSA) is 85.6 Å². The number of carbonyl (C=O) groups excluding carboxylic acids is 2. The van der Waals surface area contributed by atoms with E-state index in [0.717, 1.165) is 16.7 Å². The fourth-order valence-electron chi connectivity index (χ4n) is 3.29. The molecule has 0 spiro atoms. The van der Waals surface area contributed by atoms with Gasteiger partial charge in [0.2, 0.25) is 0 Å². The van der Waals surface area contributed by atoms with Crippen molar-refractivity contribution in [3.8, 4) is 11.8 Å². The van der Waals surface area contributed by atoms with Gasteiger partial charge in [0.25, 0.3) is 0 Å². The lowest BCUT2D eigenvalue weighted by Gasteiger charge is -2.28. The molecule has 0 bridgehead atoms. The van der Waals surface area contributed by atoms with Crippen LogP contribution in [0, 0.1) is 25.2 Å². The summed E-state index contributed by atoms with van der Waals surface area (Å²) < 4.78 is 16.1. The van der Waals surface area contributed by atoms with Gasteiger partial charge >= 0.3 is 11.9 Å². The average molecular weight is 369 g/mol. The van der Waals surface area contributed by atoms with E-state index < -0.39 is 17.9 Å². The van der Waals surface area contributed by atoms with Crippen LogP contribution in [0.3, 0.4) is 0 Å². The number of hydrogen-bond donors (Lipinski definition) is 0. The number of ether oxygens (including phenoxy) is 3. The molecule has 1 atom stereocenters. The highest BCUT2D eigenvalue weighted by molar-refractivity contribution is 5.92. The Morgan fingerprint density at radius 2 is 1.74 bits per heavy atom. The highest BCUT2D eigenvalue weighted by Gasteiger charge is 2.36. The maximum Gasteiger partial charge on any atom is 0.338 e. The number of aryl methyl sites for hydroxylation is 2. The Bertz CT molecular complexity index is 879. The molecule has 0 saturated carbocycles. The number of benzene rings is 1. The van der Waals surface area contributed by atoms with Crippen molar-refractivity contribution in [3.63, 3.8) is 0 Å². The van der Waals surface area contributed by atoms with Crippen molar-refractivity contribution in [1.29, 1.82) is 5.26 Å². The fraction of sp³-hybridized carbons (Fsp3) is 0.381. The lowest BCUT2D eigenvalue weighted by molar-refractivity contribution is -0.139. The predicted molar refractivity (Wildman–Crippen MR) is 98.7 cm³/mol. The average Bonchev–Trinajstić information content (AvgIpc) is 2.57. The van der Waals surface area contributed by atoms with Crippen LogP contribution in [-0.2, 0) is 19.1 Å². The monoisotopic (exact) mass is 369 g/mol. The Labute approximate surface area is 159 Å². The Morgan fingerprint density at radius 3 is 2.22 bits per heavy atom. The van der Waals surface area contributed by atoms with Crippen LogP contribution in [0.4, 0.5) is 0 Å². The van der Waals surface area contributed by atoms with Crippen molar-refractivity contribution in [2.45, 2.75) is 47.5 Å². The van der Waals surface area contributed by atoms with Gasteiger partial charge in [0.05, 0.1) is 29.7 Å². The lowest BCUT2D eigenvalue weighted by Crippen LogP contribution is -2.23. The molecule has 0 saturated heterocycles. The third kappa shape index (κ3) is 4.03. The van der Waals surface area contributed by atoms with Crippen LogP contribution >= 0.6 is 0 Å². The molecule has 1 heterocycles. The summed E-state index contributed by atoms with van der Waals surface area (Å²) in [5, 5.41) is 9.69.